The molecule has 0 aromatic heterocycles. The quantitative estimate of drug-likeness (QED) is 0.277. The lowest BCUT2D eigenvalue weighted by Crippen LogP contribution is -2.33. The molecule has 0 aliphatic heterocycles. The third-order valence-corrected chi connectivity index (χ3v) is 1.92. The molecule has 0 saturated carbocycles. The minimum absolute atomic E-state index is 0. The third kappa shape index (κ3) is 49.5. The van der Waals surface area contributed by atoms with Gasteiger partial charge in [-0.15, -0.1) is 0 Å². The van der Waals surface area contributed by atoms with Gasteiger partial charge in [-0.1, -0.05) is 14.9 Å². The highest BCUT2D eigenvalue weighted by atomic mass is 16.6. The molecular weight excluding hydrogens is 352 g/mol. The SMILES string of the molecule is C.C.CC(O)(CO)CO.CCOC(COC)COC.COCO.OCO.[2HH]. The van der Waals surface area contributed by atoms with Crippen molar-refractivity contribution >= 4 is 0 Å². The fourth-order valence-corrected chi connectivity index (χ4v) is 0.802. The van der Waals surface area contributed by atoms with Crippen molar-refractivity contribution in [2.24, 2.45) is 0 Å². The van der Waals surface area contributed by atoms with Gasteiger partial charge in [0, 0.05) is 29.4 Å². The smallest absolute Gasteiger partial charge is 0.143 e. The normalized spacial score (nSPS) is 9.23. The Labute approximate surface area is 160 Å². The largest absolute Gasteiger partial charge is 0.393 e. The molecule has 10 heteroatoms. The number of ether oxygens (including phenoxy) is 4. The summed E-state index contributed by atoms with van der Waals surface area (Å²) in [6, 6.07) is 0. The average Bonchev–Trinajstić information content (AvgIpc) is 2.57. The second-order valence-corrected chi connectivity index (χ2v) is 4.36. The molecule has 0 saturated heterocycles. The maximum absolute atomic E-state index is 8.63. The standard InChI is InChI=1S/C7H16O3.C4H10O3.C2H6O2.CH4O2.2CH4.H2/c1-4-10-7(5-8-2)6-9-3;1-4(7,2-5)3-6;1-4-2-3;2-1-3;;;/h7H,4-6H2,1-3H3;5-7H,2-3H2,1H3;3H,2H2,1H3;2-3H,1H2;2*1H4;1H/i;;;;;;1+1. The predicted octanol–water partition coefficient (Wildman–Crippen LogP) is -0.564. The monoisotopic (exact) mass is 399 g/mol. The Morgan fingerprint density at radius 2 is 1.15 bits per heavy atom. The molecule has 0 amide bonds. The Kier molecular flexibility index (Phi) is 55.3. The van der Waals surface area contributed by atoms with Crippen molar-refractivity contribution in [1.82, 2.24) is 0 Å². The summed E-state index contributed by atoms with van der Waals surface area (Å²) in [5.41, 5.74) is -1.31. The van der Waals surface area contributed by atoms with Gasteiger partial charge in [0.15, 0.2) is 0 Å². The van der Waals surface area contributed by atoms with Crippen LogP contribution in [0.2, 0.25) is 0 Å². The highest BCUT2D eigenvalue weighted by Gasteiger charge is 2.15. The van der Waals surface area contributed by atoms with Gasteiger partial charge < -0.3 is 49.6 Å². The van der Waals surface area contributed by atoms with Crippen molar-refractivity contribution in [3.8, 4) is 0 Å². The summed E-state index contributed by atoms with van der Waals surface area (Å²) in [5, 5.41) is 46.9. The van der Waals surface area contributed by atoms with Crippen molar-refractivity contribution in [3.63, 3.8) is 0 Å². The van der Waals surface area contributed by atoms with E-state index in [2.05, 4.69) is 4.74 Å². The van der Waals surface area contributed by atoms with Gasteiger partial charge in [-0.05, 0) is 13.8 Å². The van der Waals surface area contributed by atoms with Gasteiger partial charge in [0.2, 0.25) is 0 Å². The molecule has 6 N–H and O–H groups in total. The van der Waals surface area contributed by atoms with Crippen molar-refractivity contribution in [2.45, 2.75) is 40.4 Å². The second kappa shape index (κ2) is 35.7. The molecule has 170 valence electrons. The molecule has 0 aliphatic carbocycles. The van der Waals surface area contributed by atoms with Crippen LogP contribution in [0, 0.1) is 0 Å². The van der Waals surface area contributed by atoms with Gasteiger partial charge in [0.25, 0.3) is 0 Å². The zero-order valence-corrected chi connectivity index (χ0v) is 15.3. The summed E-state index contributed by atoms with van der Waals surface area (Å²) >= 11 is 0. The summed E-state index contributed by atoms with van der Waals surface area (Å²) in [5.74, 6) is 0. The number of aliphatic hydroxyl groups is 6. The van der Waals surface area contributed by atoms with E-state index in [9.17, 15) is 0 Å². The molecular formula is C16H46O10. The van der Waals surface area contributed by atoms with E-state index in [1.54, 1.807) is 14.2 Å². The van der Waals surface area contributed by atoms with E-state index in [-0.39, 0.29) is 29.2 Å². The fourth-order valence-electron chi connectivity index (χ4n) is 0.802. The van der Waals surface area contributed by atoms with Gasteiger partial charge in [-0.25, -0.2) is 0 Å². The van der Waals surface area contributed by atoms with Crippen molar-refractivity contribution in [1.29, 1.82) is 0 Å². The molecule has 0 heterocycles. The first-order valence-corrected chi connectivity index (χ1v) is 7.15. The Balaban J connectivity index is -0.0000000417. The molecule has 10 nitrogen and oxygen atoms in total. The third-order valence-electron chi connectivity index (χ3n) is 1.92. The molecule has 26 heavy (non-hydrogen) atoms. The summed E-state index contributed by atoms with van der Waals surface area (Å²) < 4.78 is 19.2. The zero-order valence-electron chi connectivity index (χ0n) is 15.3. The highest BCUT2D eigenvalue weighted by molar-refractivity contribution is 4.67. The first-order chi connectivity index (χ1) is 11.3. The van der Waals surface area contributed by atoms with Crippen LogP contribution in [0.5, 0.6) is 0 Å². The molecule has 0 aliphatic rings. The van der Waals surface area contributed by atoms with Crippen molar-refractivity contribution in [2.75, 3.05) is 67.9 Å². The van der Waals surface area contributed by atoms with Crippen molar-refractivity contribution in [3.05, 3.63) is 0 Å². The maximum atomic E-state index is 8.63. The highest BCUT2D eigenvalue weighted by Crippen LogP contribution is 1.96. The minimum Gasteiger partial charge on any atom is -0.393 e. The van der Waals surface area contributed by atoms with Crippen LogP contribution in [0.4, 0.5) is 0 Å². The molecule has 0 atom stereocenters. The first kappa shape index (κ1) is 40.3. The topological polar surface area (TPSA) is 158 Å². The van der Waals surface area contributed by atoms with E-state index in [1.165, 1.54) is 14.0 Å². The Morgan fingerprint density at radius 3 is 1.27 bits per heavy atom. The van der Waals surface area contributed by atoms with Crippen LogP contribution in [-0.4, -0.2) is 110 Å². The number of methoxy groups -OCH3 is 3. The number of aliphatic hydroxyl groups excluding tert-OH is 4. The van der Waals surface area contributed by atoms with Gasteiger partial charge in [0.1, 0.15) is 25.3 Å². The molecule has 0 rings (SSSR count). The van der Waals surface area contributed by atoms with E-state index >= 15 is 0 Å². The van der Waals surface area contributed by atoms with E-state index in [0.29, 0.717) is 19.8 Å². The molecule has 0 radical (unpaired) electrons. The fraction of sp³-hybridized carbons (Fsp3) is 1.00. The van der Waals surface area contributed by atoms with E-state index in [4.69, 9.17) is 44.8 Å². The van der Waals surface area contributed by atoms with E-state index in [1.807, 2.05) is 6.92 Å². The predicted molar refractivity (Wildman–Crippen MR) is 103 cm³/mol. The molecule has 0 spiro atoms. The zero-order chi connectivity index (χ0) is 19.9. The van der Waals surface area contributed by atoms with Crippen LogP contribution in [0.25, 0.3) is 0 Å². The summed E-state index contributed by atoms with van der Waals surface area (Å²) in [6.07, 6.45) is 0.0833. The van der Waals surface area contributed by atoms with Gasteiger partial charge in [0.05, 0.1) is 26.4 Å². The molecule has 0 aromatic rings. The summed E-state index contributed by atoms with van der Waals surface area (Å²) in [7, 11) is 4.74. The van der Waals surface area contributed by atoms with Crippen LogP contribution >= 0.6 is 0 Å². The van der Waals surface area contributed by atoms with Crippen LogP contribution in [0.3, 0.4) is 0 Å². The van der Waals surface area contributed by atoms with Crippen LogP contribution in [-0.2, 0) is 18.9 Å². The van der Waals surface area contributed by atoms with Crippen LogP contribution < -0.4 is 0 Å². The average molecular weight is 400 g/mol. The lowest BCUT2D eigenvalue weighted by Gasteiger charge is -2.14. The summed E-state index contributed by atoms with van der Waals surface area (Å²) in [6.45, 7) is 3.49. The molecule has 0 aromatic carbocycles. The molecule has 0 bridgehead atoms. The number of hydrogen-bond acceptors (Lipinski definition) is 10. The second-order valence-electron chi connectivity index (χ2n) is 4.36. The first-order valence-electron chi connectivity index (χ1n) is 7.15. The van der Waals surface area contributed by atoms with Crippen LogP contribution in [0.15, 0.2) is 0 Å². The number of rotatable bonds is 9. The van der Waals surface area contributed by atoms with Gasteiger partial charge >= 0.3 is 0 Å². The van der Waals surface area contributed by atoms with Gasteiger partial charge in [-0.3, -0.25) is 0 Å². The maximum Gasteiger partial charge on any atom is 0.143 e. The molecule has 0 unspecified atom stereocenters. The van der Waals surface area contributed by atoms with Gasteiger partial charge in [-0.2, -0.15) is 0 Å². The van der Waals surface area contributed by atoms with Crippen molar-refractivity contribution < 1.29 is 51.0 Å². The Bertz CT molecular complexity index is 178. The van der Waals surface area contributed by atoms with E-state index < -0.39 is 25.6 Å². The Morgan fingerprint density at radius 1 is 0.846 bits per heavy atom. The lowest BCUT2D eigenvalue weighted by molar-refractivity contribution is -0.0399. The lowest BCUT2D eigenvalue weighted by atomic mass is 10.1. The minimum atomic E-state index is -1.31. The van der Waals surface area contributed by atoms with E-state index in [0.717, 1.165) is 0 Å². The molecule has 0 fully saturated rings. The Hall–Kier alpha value is -0.400. The van der Waals surface area contributed by atoms with Crippen LogP contribution in [0.1, 0.15) is 30.1 Å². The summed E-state index contributed by atoms with van der Waals surface area (Å²) in [4.78, 5) is 0. The number of hydrogen-bond donors (Lipinski definition) is 6.